The first-order valence-electron chi connectivity index (χ1n) is 9.16. The molecule has 1 amide bonds. The van der Waals surface area contributed by atoms with E-state index in [9.17, 15) is 18.0 Å². The molecular formula is C23H15F3N2O2S. The minimum absolute atomic E-state index is 0.212. The van der Waals surface area contributed by atoms with Crippen molar-refractivity contribution in [2.75, 3.05) is 5.32 Å². The molecule has 8 heteroatoms. The Balaban J connectivity index is 1.49. The standard InChI is InChI=1S/C23H15F3N2O2S/c24-23(25,26)30-20-9-5-4-8-18(20)21(29)27-17-12-10-15(11-13-17)19-14-31-22(28-19)16-6-2-1-3-7-16/h1-14H,(H,27,29). The lowest BCUT2D eigenvalue weighted by Gasteiger charge is -2.13. The maximum Gasteiger partial charge on any atom is 0.573 e. The highest BCUT2D eigenvalue weighted by Crippen LogP contribution is 2.30. The van der Waals surface area contributed by atoms with E-state index in [1.807, 2.05) is 35.7 Å². The third-order valence-electron chi connectivity index (χ3n) is 4.32. The van der Waals surface area contributed by atoms with Gasteiger partial charge in [0.2, 0.25) is 0 Å². The summed E-state index contributed by atoms with van der Waals surface area (Å²) >= 11 is 1.53. The molecular weight excluding hydrogens is 425 g/mol. The summed E-state index contributed by atoms with van der Waals surface area (Å²) in [4.78, 5) is 17.1. The van der Waals surface area contributed by atoms with Gasteiger partial charge in [-0.15, -0.1) is 24.5 Å². The number of carbonyl (C=O) groups excluding carboxylic acids is 1. The van der Waals surface area contributed by atoms with Gasteiger partial charge in [0.25, 0.3) is 5.91 Å². The number of ether oxygens (including phenoxy) is 1. The SMILES string of the molecule is O=C(Nc1ccc(-c2csc(-c3ccccc3)n2)cc1)c1ccccc1OC(F)(F)F. The van der Waals surface area contributed by atoms with E-state index in [0.717, 1.165) is 27.9 Å². The summed E-state index contributed by atoms with van der Waals surface area (Å²) in [7, 11) is 0. The molecule has 0 saturated heterocycles. The van der Waals surface area contributed by atoms with E-state index >= 15 is 0 Å². The molecule has 4 rings (SSSR count). The molecule has 0 atom stereocenters. The van der Waals surface area contributed by atoms with Crippen LogP contribution in [-0.4, -0.2) is 17.3 Å². The van der Waals surface area contributed by atoms with E-state index < -0.39 is 18.0 Å². The summed E-state index contributed by atoms with van der Waals surface area (Å²) in [5.41, 5.74) is 2.91. The Labute approximate surface area is 180 Å². The molecule has 0 radical (unpaired) electrons. The van der Waals surface area contributed by atoms with Crippen LogP contribution in [0.4, 0.5) is 18.9 Å². The fraction of sp³-hybridized carbons (Fsp3) is 0.0435. The molecule has 0 fully saturated rings. The van der Waals surface area contributed by atoms with Crippen LogP contribution in [0.25, 0.3) is 21.8 Å². The molecule has 4 nitrogen and oxygen atoms in total. The molecule has 3 aromatic carbocycles. The number of benzene rings is 3. The first-order valence-corrected chi connectivity index (χ1v) is 10.0. The van der Waals surface area contributed by atoms with E-state index in [4.69, 9.17) is 0 Å². The van der Waals surface area contributed by atoms with Gasteiger partial charge in [-0.3, -0.25) is 4.79 Å². The number of rotatable bonds is 5. The summed E-state index contributed by atoms with van der Waals surface area (Å²) in [5, 5.41) is 5.43. The van der Waals surface area contributed by atoms with Crippen molar-refractivity contribution in [3.8, 4) is 27.6 Å². The van der Waals surface area contributed by atoms with Gasteiger partial charge in [0, 0.05) is 22.2 Å². The van der Waals surface area contributed by atoms with Crippen molar-refractivity contribution in [1.82, 2.24) is 4.98 Å². The quantitative estimate of drug-likeness (QED) is 0.379. The molecule has 0 bridgehead atoms. The van der Waals surface area contributed by atoms with Crippen LogP contribution < -0.4 is 10.1 Å². The van der Waals surface area contributed by atoms with E-state index in [1.54, 1.807) is 24.3 Å². The summed E-state index contributed by atoms with van der Waals surface area (Å²) in [6.45, 7) is 0. The normalized spacial score (nSPS) is 11.2. The Morgan fingerprint density at radius 3 is 2.26 bits per heavy atom. The topological polar surface area (TPSA) is 51.2 Å². The van der Waals surface area contributed by atoms with Gasteiger partial charge in [-0.1, -0.05) is 54.6 Å². The Hall–Kier alpha value is -3.65. The third kappa shape index (κ3) is 5.10. The number of nitrogens with one attached hydrogen (secondary N) is 1. The molecule has 0 unspecified atom stereocenters. The highest BCUT2D eigenvalue weighted by Gasteiger charge is 2.32. The number of amides is 1. The average Bonchev–Trinajstić information content (AvgIpc) is 3.24. The number of anilines is 1. The van der Waals surface area contributed by atoms with Gasteiger partial charge in [0.05, 0.1) is 11.3 Å². The van der Waals surface area contributed by atoms with Crippen LogP contribution in [0.15, 0.2) is 84.2 Å². The monoisotopic (exact) mass is 440 g/mol. The lowest BCUT2D eigenvalue weighted by atomic mass is 10.1. The predicted molar refractivity (Wildman–Crippen MR) is 114 cm³/mol. The van der Waals surface area contributed by atoms with Crippen LogP contribution >= 0.6 is 11.3 Å². The second-order valence-electron chi connectivity index (χ2n) is 6.48. The molecule has 0 aliphatic carbocycles. The zero-order valence-corrected chi connectivity index (χ0v) is 16.7. The molecule has 4 aromatic rings. The molecule has 0 aliphatic rings. The first kappa shape index (κ1) is 20.6. The van der Waals surface area contributed by atoms with Gasteiger partial charge in [-0.05, 0) is 24.3 Å². The number of thiazole rings is 1. The smallest absolute Gasteiger partial charge is 0.405 e. The first-order chi connectivity index (χ1) is 14.9. The Bertz CT molecular complexity index is 1190. The van der Waals surface area contributed by atoms with Gasteiger partial charge in [-0.25, -0.2) is 4.98 Å². The van der Waals surface area contributed by atoms with Gasteiger partial charge < -0.3 is 10.1 Å². The fourth-order valence-electron chi connectivity index (χ4n) is 2.91. The second kappa shape index (κ2) is 8.61. The summed E-state index contributed by atoms with van der Waals surface area (Å²) in [6, 6.07) is 21.9. The molecule has 0 saturated carbocycles. The Morgan fingerprint density at radius 1 is 0.871 bits per heavy atom. The lowest BCUT2D eigenvalue weighted by Crippen LogP contribution is -2.20. The Kier molecular flexibility index (Phi) is 5.73. The zero-order valence-electron chi connectivity index (χ0n) is 15.9. The summed E-state index contributed by atoms with van der Waals surface area (Å²) in [5.74, 6) is -1.26. The van der Waals surface area contributed by atoms with Crippen molar-refractivity contribution in [3.05, 3.63) is 89.8 Å². The molecule has 31 heavy (non-hydrogen) atoms. The molecule has 1 N–H and O–H groups in total. The second-order valence-corrected chi connectivity index (χ2v) is 7.34. The minimum atomic E-state index is -4.88. The molecule has 1 aromatic heterocycles. The van der Waals surface area contributed by atoms with Gasteiger partial charge >= 0.3 is 6.36 Å². The van der Waals surface area contributed by atoms with Crippen LogP contribution in [0.3, 0.4) is 0 Å². The fourth-order valence-corrected chi connectivity index (χ4v) is 3.75. The number of aromatic nitrogens is 1. The van der Waals surface area contributed by atoms with E-state index in [2.05, 4.69) is 15.0 Å². The number of nitrogens with zero attached hydrogens (tertiary/aromatic N) is 1. The Morgan fingerprint density at radius 2 is 1.55 bits per heavy atom. The van der Waals surface area contributed by atoms with Gasteiger partial charge in [0.15, 0.2) is 0 Å². The lowest BCUT2D eigenvalue weighted by molar-refractivity contribution is -0.274. The molecule has 156 valence electrons. The third-order valence-corrected chi connectivity index (χ3v) is 5.21. The van der Waals surface area contributed by atoms with Crippen molar-refractivity contribution in [1.29, 1.82) is 0 Å². The zero-order chi connectivity index (χ0) is 21.8. The number of alkyl halides is 3. The number of hydrogen-bond donors (Lipinski definition) is 1. The summed E-state index contributed by atoms with van der Waals surface area (Å²) < 4.78 is 41.6. The maximum absolute atomic E-state index is 12.6. The van der Waals surface area contributed by atoms with Crippen LogP contribution in [0, 0.1) is 0 Å². The van der Waals surface area contributed by atoms with Crippen molar-refractivity contribution in [2.24, 2.45) is 0 Å². The average molecular weight is 440 g/mol. The van der Waals surface area contributed by atoms with Gasteiger partial charge in [-0.2, -0.15) is 0 Å². The van der Waals surface area contributed by atoms with Crippen LogP contribution in [0.1, 0.15) is 10.4 Å². The molecule has 0 spiro atoms. The van der Waals surface area contributed by atoms with E-state index in [0.29, 0.717) is 5.69 Å². The van der Waals surface area contributed by atoms with Crippen molar-refractivity contribution in [3.63, 3.8) is 0 Å². The van der Waals surface area contributed by atoms with Crippen molar-refractivity contribution < 1.29 is 22.7 Å². The van der Waals surface area contributed by atoms with E-state index in [1.165, 1.54) is 29.5 Å². The number of halogens is 3. The number of para-hydroxylation sites is 1. The van der Waals surface area contributed by atoms with Gasteiger partial charge in [0.1, 0.15) is 10.8 Å². The highest BCUT2D eigenvalue weighted by atomic mass is 32.1. The minimum Gasteiger partial charge on any atom is -0.405 e. The van der Waals surface area contributed by atoms with Crippen LogP contribution in [-0.2, 0) is 0 Å². The number of hydrogen-bond acceptors (Lipinski definition) is 4. The largest absolute Gasteiger partial charge is 0.573 e. The van der Waals surface area contributed by atoms with Crippen molar-refractivity contribution >= 4 is 22.9 Å². The number of carbonyl (C=O) groups is 1. The molecule has 0 aliphatic heterocycles. The summed E-state index contributed by atoms with van der Waals surface area (Å²) in [6.07, 6.45) is -4.88. The van der Waals surface area contributed by atoms with E-state index in [-0.39, 0.29) is 5.56 Å². The van der Waals surface area contributed by atoms with Crippen LogP contribution in [0.5, 0.6) is 5.75 Å². The van der Waals surface area contributed by atoms with Crippen molar-refractivity contribution in [2.45, 2.75) is 6.36 Å². The predicted octanol–water partition coefficient (Wildman–Crippen LogP) is 6.63. The van der Waals surface area contributed by atoms with Crippen LogP contribution in [0.2, 0.25) is 0 Å². The highest BCUT2D eigenvalue weighted by molar-refractivity contribution is 7.13. The molecule has 1 heterocycles. The maximum atomic E-state index is 12.6.